The van der Waals surface area contributed by atoms with Gasteiger partial charge in [0.05, 0.1) is 12.8 Å². The maximum Gasteiger partial charge on any atom is 0.270 e. The van der Waals surface area contributed by atoms with Gasteiger partial charge in [0, 0.05) is 11.3 Å². The minimum atomic E-state index is -0.430. The Morgan fingerprint density at radius 3 is 2.65 bits per heavy atom. The molecule has 1 N–H and O–H groups in total. The van der Waals surface area contributed by atoms with Crippen LogP contribution in [0.4, 0.5) is 0 Å². The summed E-state index contributed by atoms with van der Waals surface area (Å²) in [4.78, 5) is 19.5. The van der Waals surface area contributed by atoms with Crippen molar-refractivity contribution in [2.24, 2.45) is 0 Å². The molecule has 0 fully saturated rings. The molecule has 3 aromatic rings. The van der Waals surface area contributed by atoms with E-state index < -0.39 is 5.56 Å². The highest BCUT2D eigenvalue weighted by Crippen LogP contribution is 2.25. The molecule has 0 aliphatic rings. The van der Waals surface area contributed by atoms with Crippen molar-refractivity contribution in [2.45, 2.75) is 17.8 Å². The van der Waals surface area contributed by atoms with Gasteiger partial charge in [-0.25, -0.2) is 4.98 Å². The van der Waals surface area contributed by atoms with Crippen molar-refractivity contribution in [2.75, 3.05) is 7.11 Å². The van der Waals surface area contributed by atoms with Crippen LogP contribution in [0.1, 0.15) is 16.7 Å². The lowest BCUT2D eigenvalue weighted by molar-refractivity contribution is 0.415. The van der Waals surface area contributed by atoms with Gasteiger partial charge in [-0.05, 0) is 36.8 Å². The normalized spacial score (nSPS) is 10.3. The lowest BCUT2D eigenvalue weighted by atomic mass is 10.1. The monoisotopic (exact) mass is 363 g/mol. The minimum absolute atomic E-state index is 0.00933. The van der Waals surface area contributed by atoms with Gasteiger partial charge in [0.1, 0.15) is 17.4 Å². The Bertz CT molecular complexity index is 1020. The number of H-pyrrole nitrogens is 1. The van der Waals surface area contributed by atoms with E-state index in [-0.39, 0.29) is 5.56 Å². The van der Waals surface area contributed by atoms with Crippen molar-refractivity contribution >= 4 is 11.8 Å². The van der Waals surface area contributed by atoms with E-state index >= 15 is 0 Å². The maximum absolute atomic E-state index is 12.3. The van der Waals surface area contributed by atoms with Crippen LogP contribution in [-0.4, -0.2) is 17.1 Å². The quantitative estimate of drug-likeness (QED) is 0.549. The number of hydrogen-bond donors (Lipinski definition) is 1. The summed E-state index contributed by atoms with van der Waals surface area (Å²) in [5.74, 6) is 1.38. The molecule has 0 unspecified atom stereocenters. The van der Waals surface area contributed by atoms with Crippen LogP contribution < -0.4 is 10.3 Å². The minimum Gasteiger partial charge on any atom is -0.497 e. The van der Waals surface area contributed by atoms with E-state index in [9.17, 15) is 10.1 Å². The molecule has 1 heterocycles. The highest BCUT2D eigenvalue weighted by Gasteiger charge is 2.14. The SMILES string of the molecule is COc1ccc(-c2nc(SCc3cccc(C)c3)[nH]c(=O)c2C#N)cc1. The lowest BCUT2D eigenvalue weighted by Gasteiger charge is -2.08. The topological polar surface area (TPSA) is 78.8 Å². The van der Waals surface area contributed by atoms with Gasteiger partial charge in [-0.2, -0.15) is 5.26 Å². The number of benzene rings is 2. The zero-order valence-electron chi connectivity index (χ0n) is 14.4. The number of aromatic nitrogens is 2. The first-order valence-electron chi connectivity index (χ1n) is 7.98. The molecule has 0 atom stereocenters. The van der Waals surface area contributed by atoms with E-state index in [1.54, 1.807) is 31.4 Å². The second-order valence-electron chi connectivity index (χ2n) is 5.71. The number of ether oxygens (including phenoxy) is 1. The summed E-state index contributed by atoms with van der Waals surface area (Å²) in [6.45, 7) is 2.04. The van der Waals surface area contributed by atoms with Crippen LogP contribution in [0.15, 0.2) is 58.5 Å². The van der Waals surface area contributed by atoms with Crippen molar-refractivity contribution in [3.8, 4) is 23.1 Å². The molecule has 1 aromatic heterocycles. The second kappa shape index (κ2) is 7.89. The van der Waals surface area contributed by atoms with Gasteiger partial charge in [0.15, 0.2) is 5.16 Å². The number of nitrogens with one attached hydrogen (secondary N) is 1. The molecule has 0 saturated carbocycles. The first-order chi connectivity index (χ1) is 12.6. The number of thioether (sulfide) groups is 1. The molecule has 0 aliphatic heterocycles. The average Bonchev–Trinajstić information content (AvgIpc) is 2.66. The predicted octanol–water partition coefficient (Wildman–Crippen LogP) is 3.92. The number of nitriles is 1. The number of aryl methyl sites for hydroxylation is 1. The molecule has 3 rings (SSSR count). The van der Waals surface area contributed by atoms with Crippen molar-refractivity contribution in [3.05, 3.63) is 75.6 Å². The second-order valence-corrected chi connectivity index (χ2v) is 6.68. The first-order valence-corrected chi connectivity index (χ1v) is 8.96. The number of aromatic amines is 1. The van der Waals surface area contributed by atoms with E-state index in [1.807, 2.05) is 31.2 Å². The number of methoxy groups -OCH3 is 1. The predicted molar refractivity (Wildman–Crippen MR) is 102 cm³/mol. The zero-order valence-corrected chi connectivity index (χ0v) is 15.3. The Labute approximate surface area is 155 Å². The van der Waals surface area contributed by atoms with Crippen molar-refractivity contribution in [1.29, 1.82) is 5.26 Å². The Kier molecular flexibility index (Phi) is 5.40. The third-order valence-electron chi connectivity index (χ3n) is 3.83. The fourth-order valence-electron chi connectivity index (χ4n) is 2.54. The molecule has 26 heavy (non-hydrogen) atoms. The molecular formula is C20H17N3O2S. The Hall–Kier alpha value is -3.04. The fraction of sp³-hybridized carbons (Fsp3) is 0.150. The number of rotatable bonds is 5. The van der Waals surface area contributed by atoms with Crippen LogP contribution in [0.5, 0.6) is 5.75 Å². The van der Waals surface area contributed by atoms with Crippen LogP contribution in [0, 0.1) is 18.3 Å². The summed E-state index contributed by atoms with van der Waals surface area (Å²) in [5, 5.41) is 9.84. The van der Waals surface area contributed by atoms with Crippen molar-refractivity contribution in [3.63, 3.8) is 0 Å². The first kappa shape index (κ1) is 17.8. The highest BCUT2D eigenvalue weighted by atomic mass is 32.2. The molecule has 0 spiro atoms. The van der Waals surface area contributed by atoms with E-state index in [4.69, 9.17) is 4.74 Å². The highest BCUT2D eigenvalue weighted by molar-refractivity contribution is 7.98. The maximum atomic E-state index is 12.3. The molecule has 6 heteroatoms. The summed E-state index contributed by atoms with van der Waals surface area (Å²) < 4.78 is 5.15. The number of hydrogen-bond acceptors (Lipinski definition) is 5. The van der Waals surface area contributed by atoms with Gasteiger partial charge >= 0.3 is 0 Å². The summed E-state index contributed by atoms with van der Waals surface area (Å²) in [7, 11) is 1.58. The van der Waals surface area contributed by atoms with Gasteiger partial charge in [-0.1, -0.05) is 41.6 Å². The van der Waals surface area contributed by atoms with Gasteiger partial charge in [0.2, 0.25) is 0 Å². The van der Waals surface area contributed by atoms with E-state index in [2.05, 4.69) is 16.0 Å². The average molecular weight is 363 g/mol. The van der Waals surface area contributed by atoms with Crippen LogP contribution in [0.25, 0.3) is 11.3 Å². The number of nitrogens with zero attached hydrogens (tertiary/aromatic N) is 2. The Morgan fingerprint density at radius 2 is 2.00 bits per heavy atom. The molecule has 0 saturated heterocycles. The van der Waals surface area contributed by atoms with Gasteiger partial charge in [-0.3, -0.25) is 4.79 Å². The fourth-order valence-corrected chi connectivity index (χ4v) is 3.34. The smallest absolute Gasteiger partial charge is 0.270 e. The van der Waals surface area contributed by atoms with E-state index in [1.165, 1.54) is 17.3 Å². The third kappa shape index (κ3) is 3.95. The van der Waals surface area contributed by atoms with Gasteiger partial charge < -0.3 is 9.72 Å². The summed E-state index contributed by atoms with van der Waals surface area (Å²) >= 11 is 1.43. The molecule has 2 aromatic carbocycles. The van der Waals surface area contributed by atoms with Crippen molar-refractivity contribution in [1.82, 2.24) is 9.97 Å². The lowest BCUT2D eigenvalue weighted by Crippen LogP contribution is -2.14. The van der Waals surface area contributed by atoms with Crippen LogP contribution >= 0.6 is 11.8 Å². The van der Waals surface area contributed by atoms with Crippen molar-refractivity contribution < 1.29 is 4.74 Å². The largest absolute Gasteiger partial charge is 0.497 e. The van der Waals surface area contributed by atoms with Gasteiger partial charge in [-0.15, -0.1) is 0 Å². The van der Waals surface area contributed by atoms with E-state index in [0.717, 1.165) is 5.56 Å². The van der Waals surface area contributed by atoms with Crippen LogP contribution in [0.2, 0.25) is 0 Å². The third-order valence-corrected chi connectivity index (χ3v) is 4.78. The summed E-state index contributed by atoms with van der Waals surface area (Å²) in [5.41, 5.74) is 2.99. The summed E-state index contributed by atoms with van der Waals surface area (Å²) in [6, 6.07) is 17.3. The molecular weight excluding hydrogens is 346 g/mol. The Balaban J connectivity index is 1.93. The van der Waals surface area contributed by atoms with E-state index in [0.29, 0.717) is 27.9 Å². The molecule has 0 aliphatic carbocycles. The molecule has 0 radical (unpaired) electrons. The zero-order chi connectivity index (χ0) is 18.5. The molecule has 130 valence electrons. The molecule has 5 nitrogen and oxygen atoms in total. The van der Waals surface area contributed by atoms with Crippen LogP contribution in [-0.2, 0) is 5.75 Å². The summed E-state index contributed by atoms with van der Waals surface area (Å²) in [6.07, 6.45) is 0. The Morgan fingerprint density at radius 1 is 1.23 bits per heavy atom. The standard InChI is InChI=1S/C20H17N3O2S/c1-13-4-3-5-14(10-13)12-26-20-22-18(17(11-21)19(24)23-20)15-6-8-16(25-2)9-7-15/h3-10H,12H2,1-2H3,(H,22,23,24). The molecule has 0 bridgehead atoms. The van der Waals surface area contributed by atoms with Gasteiger partial charge in [0.25, 0.3) is 5.56 Å². The molecule has 0 amide bonds. The van der Waals surface area contributed by atoms with Crippen LogP contribution in [0.3, 0.4) is 0 Å².